The highest BCUT2D eigenvalue weighted by Crippen LogP contribution is 2.21. The number of hydrogen-bond donors (Lipinski definition) is 0. The van der Waals surface area contributed by atoms with Crippen LogP contribution in [0.4, 0.5) is 0 Å². The molecule has 1 rings (SSSR count). The molecule has 1 heterocycles. The number of Topliss-reactive ketones (excluding diaryl/α,β-unsaturated/α-hetero) is 1. The van der Waals surface area contributed by atoms with Gasteiger partial charge < -0.3 is 13.9 Å². The lowest BCUT2D eigenvalue weighted by Crippen LogP contribution is -2.42. The van der Waals surface area contributed by atoms with Gasteiger partial charge in [-0.3, -0.25) is 4.79 Å². The predicted octanol–water partition coefficient (Wildman–Crippen LogP) is 1.26. The molecule has 5 heteroatoms. The third-order valence-electron chi connectivity index (χ3n) is 2.10. The van der Waals surface area contributed by atoms with Crippen molar-refractivity contribution in [3.05, 3.63) is 18.4 Å². The molecular formula is C9H13NO4. The van der Waals surface area contributed by atoms with Gasteiger partial charge in [0.2, 0.25) is 5.79 Å². The number of carbonyl (C=O) groups is 1. The molecule has 0 aromatic carbocycles. The minimum absolute atomic E-state index is 0.00412. The van der Waals surface area contributed by atoms with Crippen molar-refractivity contribution in [3.63, 3.8) is 0 Å². The van der Waals surface area contributed by atoms with Crippen LogP contribution in [0.5, 0.6) is 0 Å². The van der Waals surface area contributed by atoms with Crippen LogP contribution in [0, 0.1) is 0 Å². The predicted molar refractivity (Wildman–Crippen MR) is 47.9 cm³/mol. The second kappa shape index (κ2) is 4.34. The van der Waals surface area contributed by atoms with Crippen molar-refractivity contribution >= 4 is 5.78 Å². The van der Waals surface area contributed by atoms with Crippen molar-refractivity contribution in [1.82, 2.24) is 4.98 Å². The van der Waals surface area contributed by atoms with Crippen LogP contribution in [-0.2, 0) is 9.47 Å². The van der Waals surface area contributed by atoms with Gasteiger partial charge in [-0.25, -0.2) is 4.98 Å². The number of rotatable bonds is 5. The summed E-state index contributed by atoms with van der Waals surface area (Å²) in [5, 5.41) is 0. The maximum Gasteiger partial charge on any atom is 0.276 e. The fraction of sp³-hybridized carbons (Fsp3) is 0.556. The van der Waals surface area contributed by atoms with Gasteiger partial charge in [0.05, 0.1) is 6.20 Å². The molecular weight excluding hydrogens is 186 g/mol. The van der Waals surface area contributed by atoms with Crippen molar-refractivity contribution in [2.45, 2.75) is 19.1 Å². The average molecular weight is 199 g/mol. The topological polar surface area (TPSA) is 61.6 Å². The molecule has 78 valence electrons. The Balaban J connectivity index is 2.95. The largest absolute Gasteiger partial charge is 0.442 e. The maximum absolute atomic E-state index is 11.8. The zero-order chi connectivity index (χ0) is 10.6. The first-order valence-electron chi connectivity index (χ1n) is 4.24. The van der Waals surface area contributed by atoms with Crippen molar-refractivity contribution in [1.29, 1.82) is 0 Å². The monoisotopic (exact) mass is 199 g/mol. The summed E-state index contributed by atoms with van der Waals surface area (Å²) in [6, 6.07) is 0. The van der Waals surface area contributed by atoms with E-state index in [1.807, 2.05) is 0 Å². The molecule has 0 bridgehead atoms. The summed E-state index contributed by atoms with van der Waals surface area (Å²) in [5.41, 5.74) is 0. The molecule has 0 spiro atoms. The lowest BCUT2D eigenvalue weighted by molar-refractivity contribution is -0.171. The molecule has 0 aliphatic rings. The number of ketones is 1. The quantitative estimate of drug-likeness (QED) is 0.527. The fourth-order valence-electron chi connectivity index (χ4n) is 1.22. The van der Waals surface area contributed by atoms with Crippen molar-refractivity contribution in [2.24, 2.45) is 0 Å². The molecule has 0 saturated heterocycles. The van der Waals surface area contributed by atoms with Crippen molar-refractivity contribution in [2.75, 3.05) is 14.2 Å². The Bertz CT molecular complexity index is 282. The summed E-state index contributed by atoms with van der Waals surface area (Å²) < 4.78 is 15.0. The van der Waals surface area contributed by atoms with E-state index in [2.05, 4.69) is 4.98 Å². The zero-order valence-electron chi connectivity index (χ0n) is 8.44. The van der Waals surface area contributed by atoms with Gasteiger partial charge >= 0.3 is 0 Å². The summed E-state index contributed by atoms with van der Waals surface area (Å²) in [7, 11) is 2.82. The normalized spacial score (nSPS) is 11.6. The number of oxazole rings is 1. The molecule has 14 heavy (non-hydrogen) atoms. The van der Waals surface area contributed by atoms with E-state index in [-0.39, 0.29) is 5.89 Å². The van der Waals surface area contributed by atoms with E-state index in [0.29, 0.717) is 6.42 Å². The number of carbonyl (C=O) groups excluding carboxylic acids is 1. The highest BCUT2D eigenvalue weighted by Gasteiger charge is 2.40. The highest BCUT2D eigenvalue weighted by molar-refractivity contribution is 5.97. The summed E-state index contributed by atoms with van der Waals surface area (Å²) in [5.74, 6) is -1.70. The van der Waals surface area contributed by atoms with E-state index in [1.54, 1.807) is 6.92 Å². The van der Waals surface area contributed by atoms with Crippen LogP contribution in [0.2, 0.25) is 0 Å². The van der Waals surface area contributed by atoms with E-state index in [9.17, 15) is 4.79 Å². The third-order valence-corrected chi connectivity index (χ3v) is 2.10. The van der Waals surface area contributed by atoms with E-state index < -0.39 is 11.6 Å². The first-order valence-corrected chi connectivity index (χ1v) is 4.24. The van der Waals surface area contributed by atoms with Gasteiger partial charge in [-0.05, 0) is 0 Å². The molecule has 0 N–H and O–H groups in total. The van der Waals surface area contributed by atoms with Crippen LogP contribution in [-0.4, -0.2) is 30.8 Å². The van der Waals surface area contributed by atoms with Crippen LogP contribution < -0.4 is 0 Å². The summed E-state index contributed by atoms with van der Waals surface area (Å²) in [6.45, 7) is 1.79. The molecule has 1 aromatic heterocycles. The van der Waals surface area contributed by atoms with E-state index in [4.69, 9.17) is 13.9 Å². The first kappa shape index (κ1) is 10.9. The molecule has 1 aromatic rings. The second-order valence-electron chi connectivity index (χ2n) is 2.68. The van der Waals surface area contributed by atoms with Gasteiger partial charge in [0.15, 0.2) is 0 Å². The maximum atomic E-state index is 11.8. The van der Waals surface area contributed by atoms with Gasteiger partial charge in [-0.2, -0.15) is 0 Å². The Morgan fingerprint density at radius 3 is 2.57 bits per heavy atom. The van der Waals surface area contributed by atoms with Crippen LogP contribution in [0.25, 0.3) is 0 Å². The fourth-order valence-corrected chi connectivity index (χ4v) is 1.22. The molecule has 0 aliphatic heterocycles. The average Bonchev–Trinajstić information content (AvgIpc) is 2.74. The van der Waals surface area contributed by atoms with Gasteiger partial charge in [0.25, 0.3) is 11.7 Å². The minimum Gasteiger partial charge on any atom is -0.442 e. The Labute approximate surface area is 82.0 Å². The molecule has 0 unspecified atom stereocenters. The van der Waals surface area contributed by atoms with Gasteiger partial charge in [-0.15, -0.1) is 0 Å². The summed E-state index contributed by atoms with van der Waals surface area (Å²) >= 11 is 0. The summed E-state index contributed by atoms with van der Waals surface area (Å²) in [6.07, 6.45) is 3.12. The van der Waals surface area contributed by atoms with Gasteiger partial charge in [0.1, 0.15) is 6.26 Å². The molecule has 0 fully saturated rings. The van der Waals surface area contributed by atoms with Crippen LogP contribution in [0.3, 0.4) is 0 Å². The lowest BCUT2D eigenvalue weighted by atomic mass is 10.1. The Kier molecular flexibility index (Phi) is 3.38. The molecule has 0 amide bonds. The molecule has 5 nitrogen and oxygen atoms in total. The Morgan fingerprint density at radius 1 is 1.57 bits per heavy atom. The number of hydrogen-bond acceptors (Lipinski definition) is 5. The van der Waals surface area contributed by atoms with Gasteiger partial charge in [0, 0.05) is 20.6 Å². The Hall–Kier alpha value is -1.20. The van der Waals surface area contributed by atoms with Gasteiger partial charge in [-0.1, -0.05) is 6.92 Å². The van der Waals surface area contributed by atoms with E-state index in [0.717, 1.165) is 0 Å². The number of ether oxygens (including phenoxy) is 2. The minimum atomic E-state index is -1.29. The molecule has 0 saturated carbocycles. The molecule has 0 atom stereocenters. The SMILES string of the molecule is CCC(OC)(OC)C(=O)c1ncco1. The van der Waals surface area contributed by atoms with Crippen molar-refractivity contribution in [3.8, 4) is 0 Å². The van der Waals surface area contributed by atoms with E-state index >= 15 is 0 Å². The molecule has 0 aliphatic carbocycles. The number of methoxy groups -OCH3 is 2. The smallest absolute Gasteiger partial charge is 0.276 e. The number of nitrogens with zero attached hydrogens (tertiary/aromatic N) is 1. The zero-order valence-corrected chi connectivity index (χ0v) is 8.44. The molecule has 0 radical (unpaired) electrons. The van der Waals surface area contributed by atoms with Crippen LogP contribution in [0.15, 0.2) is 16.9 Å². The first-order chi connectivity index (χ1) is 6.70. The van der Waals surface area contributed by atoms with E-state index in [1.165, 1.54) is 26.7 Å². The second-order valence-corrected chi connectivity index (χ2v) is 2.68. The van der Waals surface area contributed by atoms with Crippen LogP contribution >= 0.6 is 0 Å². The third kappa shape index (κ3) is 1.69. The number of aromatic nitrogens is 1. The standard InChI is InChI=1S/C9H13NO4/c1-4-9(12-2,13-3)7(11)8-10-5-6-14-8/h5-6H,4H2,1-3H3. The highest BCUT2D eigenvalue weighted by atomic mass is 16.7. The Morgan fingerprint density at radius 2 is 2.21 bits per heavy atom. The van der Waals surface area contributed by atoms with Crippen molar-refractivity contribution < 1.29 is 18.7 Å². The van der Waals surface area contributed by atoms with Crippen LogP contribution in [0.1, 0.15) is 24.0 Å². The summed E-state index contributed by atoms with van der Waals surface area (Å²) in [4.78, 5) is 15.6. The lowest BCUT2D eigenvalue weighted by Gasteiger charge is -2.26.